The average molecular weight is 234 g/mol. The van der Waals surface area contributed by atoms with Crippen LogP contribution in [0.25, 0.3) is 0 Å². The topological polar surface area (TPSA) is 44.8 Å². The molecule has 2 rings (SSSR count). The summed E-state index contributed by atoms with van der Waals surface area (Å²) in [7, 11) is 3.97. The van der Waals surface area contributed by atoms with Gasteiger partial charge in [0.25, 0.3) is 0 Å². The zero-order valence-corrected chi connectivity index (χ0v) is 10.2. The highest BCUT2D eigenvalue weighted by Gasteiger charge is 2.00. The molecule has 0 saturated heterocycles. The summed E-state index contributed by atoms with van der Waals surface area (Å²) >= 11 is 1.67. The summed E-state index contributed by atoms with van der Waals surface area (Å²) in [4.78, 5) is 13.6. The quantitative estimate of drug-likeness (QED) is 0.823. The number of aromatic nitrogens is 3. The molecule has 0 unspecified atom stereocenters. The molecule has 0 saturated carbocycles. The van der Waals surface area contributed by atoms with Gasteiger partial charge in [-0.2, -0.15) is 0 Å². The average Bonchev–Trinajstić information content (AvgIpc) is 2.80. The van der Waals surface area contributed by atoms with Crippen LogP contribution < -0.4 is 4.90 Å². The number of thioether (sulfide) groups is 1. The fraction of sp³-hybridized carbons (Fsp3) is 0.273. The summed E-state index contributed by atoms with van der Waals surface area (Å²) in [6, 6.07) is 4.12. The SMILES string of the molecule is CN(C)c1ccc(CSc2ncc[nH]2)cn1. The molecule has 4 nitrogen and oxygen atoms in total. The lowest BCUT2D eigenvalue weighted by Gasteiger charge is -2.10. The number of rotatable bonds is 4. The molecule has 0 aliphatic carbocycles. The molecule has 1 N–H and O–H groups in total. The molecule has 0 aromatic carbocycles. The van der Waals surface area contributed by atoms with Crippen LogP contribution in [0.15, 0.2) is 35.9 Å². The van der Waals surface area contributed by atoms with Crippen molar-refractivity contribution < 1.29 is 0 Å². The molecule has 5 heteroatoms. The zero-order chi connectivity index (χ0) is 11.4. The summed E-state index contributed by atoms with van der Waals surface area (Å²) in [5.74, 6) is 1.86. The lowest BCUT2D eigenvalue weighted by molar-refractivity contribution is 1.05. The van der Waals surface area contributed by atoms with E-state index in [4.69, 9.17) is 0 Å². The molecule has 0 atom stereocenters. The Labute approximate surface area is 99.1 Å². The van der Waals surface area contributed by atoms with E-state index >= 15 is 0 Å². The van der Waals surface area contributed by atoms with Gasteiger partial charge in [-0.25, -0.2) is 9.97 Å². The Hall–Kier alpha value is -1.49. The van der Waals surface area contributed by atoms with Crippen LogP contribution in [0.1, 0.15) is 5.56 Å². The molecular formula is C11H14N4S. The van der Waals surface area contributed by atoms with Crippen LogP contribution in [0.2, 0.25) is 0 Å². The maximum atomic E-state index is 4.36. The molecule has 0 spiro atoms. The van der Waals surface area contributed by atoms with Crippen LogP contribution in [-0.2, 0) is 5.75 Å². The van der Waals surface area contributed by atoms with Gasteiger partial charge in [0, 0.05) is 38.4 Å². The molecule has 0 aliphatic heterocycles. The first-order valence-electron chi connectivity index (χ1n) is 5.00. The molecule has 2 aromatic rings. The number of hydrogen-bond donors (Lipinski definition) is 1. The minimum Gasteiger partial charge on any atom is -0.363 e. The standard InChI is InChI=1S/C11H14N4S/c1-15(2)10-4-3-9(7-14-10)8-16-11-12-5-6-13-11/h3-7H,8H2,1-2H3,(H,12,13). The van der Waals surface area contributed by atoms with Gasteiger partial charge in [0.2, 0.25) is 0 Å². The van der Waals surface area contributed by atoms with Crippen molar-refractivity contribution in [2.75, 3.05) is 19.0 Å². The predicted octanol–water partition coefficient (Wildman–Crippen LogP) is 2.16. The lowest BCUT2D eigenvalue weighted by Crippen LogP contribution is -2.10. The molecular weight excluding hydrogens is 220 g/mol. The first-order valence-corrected chi connectivity index (χ1v) is 5.98. The van der Waals surface area contributed by atoms with E-state index in [1.807, 2.05) is 37.5 Å². The van der Waals surface area contributed by atoms with Crippen molar-refractivity contribution >= 4 is 17.6 Å². The third-order valence-electron chi connectivity index (χ3n) is 2.12. The third-order valence-corrected chi connectivity index (χ3v) is 3.09. The molecule has 84 valence electrons. The van der Waals surface area contributed by atoms with Gasteiger partial charge in [0.05, 0.1) is 0 Å². The Morgan fingerprint density at radius 3 is 2.75 bits per heavy atom. The van der Waals surface area contributed by atoms with Crippen molar-refractivity contribution in [3.8, 4) is 0 Å². The first-order chi connectivity index (χ1) is 7.75. The lowest BCUT2D eigenvalue weighted by atomic mass is 10.3. The Bertz CT molecular complexity index is 422. The van der Waals surface area contributed by atoms with Crippen LogP contribution in [0.4, 0.5) is 5.82 Å². The number of hydrogen-bond acceptors (Lipinski definition) is 4. The summed E-state index contributed by atoms with van der Waals surface area (Å²) < 4.78 is 0. The Kier molecular flexibility index (Phi) is 3.46. The number of anilines is 1. The second-order valence-electron chi connectivity index (χ2n) is 3.60. The van der Waals surface area contributed by atoms with Crippen LogP contribution in [0, 0.1) is 0 Å². The number of nitrogens with zero attached hydrogens (tertiary/aromatic N) is 3. The van der Waals surface area contributed by atoms with Crippen molar-refractivity contribution in [3.63, 3.8) is 0 Å². The molecule has 0 aliphatic rings. The van der Waals surface area contributed by atoms with Gasteiger partial charge in [0.15, 0.2) is 5.16 Å². The van der Waals surface area contributed by atoms with Crippen LogP contribution in [-0.4, -0.2) is 29.0 Å². The van der Waals surface area contributed by atoms with Crippen LogP contribution in [0.3, 0.4) is 0 Å². The van der Waals surface area contributed by atoms with Crippen molar-refractivity contribution in [2.24, 2.45) is 0 Å². The van der Waals surface area contributed by atoms with Gasteiger partial charge in [-0.05, 0) is 11.6 Å². The summed E-state index contributed by atoms with van der Waals surface area (Å²) in [5, 5.41) is 0.941. The second-order valence-corrected chi connectivity index (χ2v) is 4.57. The van der Waals surface area contributed by atoms with E-state index in [1.54, 1.807) is 18.0 Å². The smallest absolute Gasteiger partial charge is 0.165 e. The van der Waals surface area contributed by atoms with E-state index < -0.39 is 0 Å². The highest BCUT2D eigenvalue weighted by Crippen LogP contribution is 2.19. The minimum atomic E-state index is 0.883. The summed E-state index contributed by atoms with van der Waals surface area (Å²) in [5.41, 5.74) is 1.20. The Balaban J connectivity index is 1.95. The zero-order valence-electron chi connectivity index (χ0n) is 9.34. The van der Waals surface area contributed by atoms with Crippen molar-refractivity contribution in [3.05, 3.63) is 36.3 Å². The Morgan fingerprint density at radius 2 is 2.19 bits per heavy atom. The Morgan fingerprint density at radius 1 is 1.31 bits per heavy atom. The van der Waals surface area contributed by atoms with E-state index in [-0.39, 0.29) is 0 Å². The highest BCUT2D eigenvalue weighted by atomic mass is 32.2. The van der Waals surface area contributed by atoms with Crippen molar-refractivity contribution in [2.45, 2.75) is 10.9 Å². The first kappa shape index (κ1) is 11.0. The minimum absolute atomic E-state index is 0.883. The van der Waals surface area contributed by atoms with Gasteiger partial charge in [-0.1, -0.05) is 17.8 Å². The monoisotopic (exact) mass is 234 g/mol. The molecule has 0 fully saturated rings. The molecule has 2 heterocycles. The number of nitrogens with one attached hydrogen (secondary N) is 1. The van der Waals surface area contributed by atoms with E-state index in [9.17, 15) is 0 Å². The molecule has 0 bridgehead atoms. The number of aromatic amines is 1. The van der Waals surface area contributed by atoms with Crippen molar-refractivity contribution in [1.82, 2.24) is 15.0 Å². The van der Waals surface area contributed by atoms with Crippen LogP contribution in [0.5, 0.6) is 0 Å². The number of pyridine rings is 1. The molecule has 0 amide bonds. The molecule has 0 radical (unpaired) electrons. The van der Waals surface area contributed by atoms with E-state index in [0.717, 1.165) is 16.7 Å². The van der Waals surface area contributed by atoms with E-state index in [1.165, 1.54) is 5.56 Å². The largest absolute Gasteiger partial charge is 0.363 e. The molecule has 16 heavy (non-hydrogen) atoms. The molecule has 2 aromatic heterocycles. The van der Waals surface area contributed by atoms with E-state index in [2.05, 4.69) is 21.0 Å². The predicted molar refractivity (Wildman–Crippen MR) is 66.7 cm³/mol. The van der Waals surface area contributed by atoms with Crippen LogP contribution >= 0.6 is 11.8 Å². The number of H-pyrrole nitrogens is 1. The fourth-order valence-electron chi connectivity index (χ4n) is 1.25. The normalized spacial score (nSPS) is 10.4. The maximum absolute atomic E-state index is 4.36. The summed E-state index contributed by atoms with van der Waals surface area (Å²) in [6.07, 6.45) is 5.50. The van der Waals surface area contributed by atoms with E-state index in [0.29, 0.717) is 0 Å². The second kappa shape index (κ2) is 5.03. The van der Waals surface area contributed by atoms with Crippen molar-refractivity contribution in [1.29, 1.82) is 0 Å². The summed E-state index contributed by atoms with van der Waals surface area (Å²) in [6.45, 7) is 0. The number of imidazole rings is 1. The highest BCUT2D eigenvalue weighted by molar-refractivity contribution is 7.98. The fourth-order valence-corrected chi connectivity index (χ4v) is 2.01. The van der Waals surface area contributed by atoms with Gasteiger partial charge < -0.3 is 9.88 Å². The van der Waals surface area contributed by atoms with Gasteiger partial charge >= 0.3 is 0 Å². The van der Waals surface area contributed by atoms with Gasteiger partial charge in [0.1, 0.15) is 5.82 Å². The van der Waals surface area contributed by atoms with Gasteiger partial charge in [-0.15, -0.1) is 0 Å². The third kappa shape index (κ3) is 2.76. The maximum Gasteiger partial charge on any atom is 0.165 e. The van der Waals surface area contributed by atoms with Gasteiger partial charge in [-0.3, -0.25) is 0 Å².